The minimum atomic E-state index is -0.517. The number of nitrogens with zero attached hydrogens (tertiary/aromatic N) is 3. The molecule has 0 amide bonds. The summed E-state index contributed by atoms with van der Waals surface area (Å²) in [5, 5.41) is 3.84. The number of ketones is 1. The second kappa shape index (κ2) is 5.83. The molecule has 0 unspecified atom stereocenters. The molecule has 0 saturated heterocycles. The molecule has 7 nitrogen and oxygen atoms in total. The fourth-order valence-electron chi connectivity index (χ4n) is 2.34. The van der Waals surface area contributed by atoms with Gasteiger partial charge in [0.05, 0.1) is 12.1 Å². The molecule has 0 bridgehead atoms. The van der Waals surface area contributed by atoms with Crippen LogP contribution in [0, 0.1) is 5.92 Å². The molecule has 23 heavy (non-hydrogen) atoms. The van der Waals surface area contributed by atoms with E-state index in [4.69, 9.17) is 8.94 Å². The average Bonchev–Trinajstić information content (AvgIpc) is 3.11. The van der Waals surface area contributed by atoms with Crippen molar-refractivity contribution in [2.24, 2.45) is 5.92 Å². The molecule has 0 spiro atoms. The van der Waals surface area contributed by atoms with E-state index in [2.05, 4.69) is 10.1 Å². The van der Waals surface area contributed by atoms with Crippen LogP contribution in [0.3, 0.4) is 0 Å². The standard InChI is InChI=1S/C16H17N3O4/c1-4-14-17-13(18-23-14)8-19-11-6-5-10(15(20)9(2)3)7-12(11)22-16(19)21/h5-7,9H,4,8H2,1-3H3. The maximum Gasteiger partial charge on any atom is 0.420 e. The van der Waals surface area contributed by atoms with Crippen LogP contribution >= 0.6 is 0 Å². The molecule has 0 aliphatic carbocycles. The van der Waals surface area contributed by atoms with E-state index in [1.165, 1.54) is 4.57 Å². The van der Waals surface area contributed by atoms with Gasteiger partial charge in [0, 0.05) is 17.9 Å². The van der Waals surface area contributed by atoms with Crippen LogP contribution in [0.2, 0.25) is 0 Å². The number of oxazole rings is 1. The molecule has 2 aromatic heterocycles. The molecule has 0 atom stereocenters. The van der Waals surface area contributed by atoms with Gasteiger partial charge in [-0.3, -0.25) is 9.36 Å². The van der Waals surface area contributed by atoms with Crippen molar-refractivity contribution in [3.8, 4) is 0 Å². The van der Waals surface area contributed by atoms with Crippen LogP contribution in [0.5, 0.6) is 0 Å². The molecule has 0 N–H and O–H groups in total. The van der Waals surface area contributed by atoms with Crippen molar-refractivity contribution in [1.82, 2.24) is 14.7 Å². The highest BCUT2D eigenvalue weighted by Crippen LogP contribution is 2.18. The largest absolute Gasteiger partial charge is 0.420 e. The number of aryl methyl sites for hydroxylation is 1. The first-order chi connectivity index (χ1) is 11.0. The van der Waals surface area contributed by atoms with Gasteiger partial charge in [-0.15, -0.1) is 0 Å². The van der Waals surface area contributed by atoms with E-state index in [1.54, 1.807) is 18.2 Å². The first kappa shape index (κ1) is 15.2. The zero-order chi connectivity index (χ0) is 16.6. The first-order valence-electron chi connectivity index (χ1n) is 7.48. The number of Topliss-reactive ketones (excluding diaryl/α,β-unsaturated/α-hetero) is 1. The fourth-order valence-corrected chi connectivity index (χ4v) is 2.34. The highest BCUT2D eigenvalue weighted by Gasteiger charge is 2.16. The zero-order valence-electron chi connectivity index (χ0n) is 13.2. The summed E-state index contributed by atoms with van der Waals surface area (Å²) in [6, 6.07) is 5.00. The number of carbonyl (C=O) groups is 1. The Kier molecular flexibility index (Phi) is 3.85. The Bertz CT molecular complexity index is 917. The fraction of sp³-hybridized carbons (Fsp3) is 0.375. The Morgan fingerprint density at radius 1 is 1.35 bits per heavy atom. The molecule has 0 fully saturated rings. The summed E-state index contributed by atoms with van der Waals surface area (Å²) in [5.74, 6) is 0.303. The smallest absolute Gasteiger partial charge is 0.408 e. The van der Waals surface area contributed by atoms with Crippen LogP contribution in [0.1, 0.15) is 42.8 Å². The summed E-state index contributed by atoms with van der Waals surface area (Å²) in [6.45, 7) is 5.72. The van der Waals surface area contributed by atoms with Crippen LogP contribution in [-0.4, -0.2) is 20.5 Å². The second-order valence-corrected chi connectivity index (χ2v) is 5.61. The molecular formula is C16H17N3O4. The maximum atomic E-state index is 12.1. The van der Waals surface area contributed by atoms with Gasteiger partial charge in [-0.25, -0.2) is 4.79 Å². The van der Waals surface area contributed by atoms with Gasteiger partial charge < -0.3 is 8.94 Å². The lowest BCUT2D eigenvalue weighted by Gasteiger charge is -2.04. The average molecular weight is 315 g/mol. The van der Waals surface area contributed by atoms with Gasteiger partial charge in [-0.2, -0.15) is 4.98 Å². The summed E-state index contributed by atoms with van der Waals surface area (Å²) in [7, 11) is 0. The lowest BCUT2D eigenvalue weighted by atomic mass is 10.0. The monoisotopic (exact) mass is 315 g/mol. The third-order valence-corrected chi connectivity index (χ3v) is 3.59. The van der Waals surface area contributed by atoms with Gasteiger partial charge in [0.15, 0.2) is 17.2 Å². The van der Waals surface area contributed by atoms with Crippen molar-refractivity contribution in [3.05, 3.63) is 46.0 Å². The molecule has 120 valence electrons. The summed E-state index contributed by atoms with van der Waals surface area (Å²) in [5.41, 5.74) is 1.50. The van der Waals surface area contributed by atoms with E-state index in [0.717, 1.165) is 0 Å². The van der Waals surface area contributed by atoms with Gasteiger partial charge >= 0.3 is 5.76 Å². The first-order valence-corrected chi connectivity index (χ1v) is 7.48. The van der Waals surface area contributed by atoms with E-state index in [1.807, 2.05) is 20.8 Å². The summed E-state index contributed by atoms with van der Waals surface area (Å²) in [6.07, 6.45) is 0.634. The van der Waals surface area contributed by atoms with Gasteiger partial charge in [0.2, 0.25) is 5.89 Å². The van der Waals surface area contributed by atoms with Gasteiger partial charge in [-0.05, 0) is 18.2 Å². The molecule has 3 aromatic rings. The number of hydrogen-bond donors (Lipinski definition) is 0. The SMILES string of the molecule is CCc1nc(Cn2c(=O)oc3cc(C(=O)C(C)C)ccc32)no1. The highest BCUT2D eigenvalue weighted by atomic mass is 16.5. The minimum Gasteiger partial charge on any atom is -0.408 e. The summed E-state index contributed by atoms with van der Waals surface area (Å²) < 4.78 is 11.7. The van der Waals surface area contributed by atoms with Crippen LogP contribution in [-0.2, 0) is 13.0 Å². The van der Waals surface area contributed by atoms with Crippen molar-refractivity contribution >= 4 is 16.9 Å². The van der Waals surface area contributed by atoms with Crippen molar-refractivity contribution in [3.63, 3.8) is 0 Å². The van der Waals surface area contributed by atoms with Crippen LogP contribution < -0.4 is 5.76 Å². The van der Waals surface area contributed by atoms with E-state index >= 15 is 0 Å². The molecule has 7 heteroatoms. The Balaban J connectivity index is 2.00. The number of carbonyl (C=O) groups excluding carboxylic acids is 1. The van der Waals surface area contributed by atoms with Crippen LogP contribution in [0.25, 0.3) is 11.1 Å². The predicted octanol–water partition coefficient (Wildman–Crippen LogP) is 2.43. The molecule has 3 rings (SSSR count). The second-order valence-electron chi connectivity index (χ2n) is 5.61. The molecule has 0 saturated carbocycles. The van der Waals surface area contributed by atoms with Crippen molar-refractivity contribution in [1.29, 1.82) is 0 Å². The number of rotatable bonds is 5. The summed E-state index contributed by atoms with van der Waals surface area (Å²) >= 11 is 0. The lowest BCUT2D eigenvalue weighted by Crippen LogP contribution is -2.15. The Hall–Kier alpha value is -2.70. The van der Waals surface area contributed by atoms with E-state index in [-0.39, 0.29) is 18.2 Å². The Morgan fingerprint density at radius 2 is 2.13 bits per heavy atom. The third-order valence-electron chi connectivity index (χ3n) is 3.59. The number of fused-ring (bicyclic) bond motifs is 1. The van der Waals surface area contributed by atoms with Crippen molar-refractivity contribution in [2.45, 2.75) is 33.7 Å². The normalized spacial score (nSPS) is 11.5. The zero-order valence-corrected chi connectivity index (χ0v) is 13.2. The number of benzene rings is 1. The molecule has 1 aromatic carbocycles. The highest BCUT2D eigenvalue weighted by molar-refractivity contribution is 5.99. The van der Waals surface area contributed by atoms with Gasteiger partial charge in [0.1, 0.15) is 0 Å². The topological polar surface area (TPSA) is 91.1 Å². The van der Waals surface area contributed by atoms with Crippen molar-refractivity contribution < 1.29 is 13.7 Å². The van der Waals surface area contributed by atoms with E-state index < -0.39 is 5.76 Å². The van der Waals surface area contributed by atoms with Crippen molar-refractivity contribution in [2.75, 3.05) is 0 Å². The Morgan fingerprint density at radius 3 is 2.78 bits per heavy atom. The summed E-state index contributed by atoms with van der Waals surface area (Å²) in [4.78, 5) is 28.3. The van der Waals surface area contributed by atoms with Gasteiger partial charge in [-0.1, -0.05) is 25.9 Å². The molecule has 0 aliphatic rings. The molecular weight excluding hydrogens is 298 g/mol. The quantitative estimate of drug-likeness (QED) is 0.672. The number of aromatic nitrogens is 3. The van der Waals surface area contributed by atoms with Gasteiger partial charge in [0.25, 0.3) is 0 Å². The number of hydrogen-bond acceptors (Lipinski definition) is 6. The van der Waals surface area contributed by atoms with E-state index in [0.29, 0.717) is 34.8 Å². The van der Waals surface area contributed by atoms with E-state index in [9.17, 15) is 9.59 Å². The Labute approximate surface area is 131 Å². The molecule has 0 radical (unpaired) electrons. The van der Waals surface area contributed by atoms with Crippen LogP contribution in [0.15, 0.2) is 31.9 Å². The van der Waals surface area contributed by atoms with Crippen LogP contribution in [0.4, 0.5) is 0 Å². The lowest BCUT2D eigenvalue weighted by molar-refractivity contribution is 0.0939. The minimum absolute atomic E-state index is 0.00746. The molecule has 2 heterocycles. The maximum absolute atomic E-state index is 12.1. The predicted molar refractivity (Wildman–Crippen MR) is 82.4 cm³/mol. The third kappa shape index (κ3) is 2.81. The molecule has 0 aliphatic heterocycles.